The highest BCUT2D eigenvalue weighted by molar-refractivity contribution is 5.98. The van der Waals surface area contributed by atoms with Crippen LogP contribution in [0, 0.1) is 13.8 Å². The van der Waals surface area contributed by atoms with E-state index in [1.807, 2.05) is 29.7 Å². The predicted molar refractivity (Wildman–Crippen MR) is 126 cm³/mol. The van der Waals surface area contributed by atoms with Crippen molar-refractivity contribution < 1.29 is 9.90 Å². The summed E-state index contributed by atoms with van der Waals surface area (Å²) in [5.41, 5.74) is 6.87. The lowest BCUT2D eigenvalue weighted by Crippen LogP contribution is -2.19. The molecule has 4 aromatic rings. The van der Waals surface area contributed by atoms with Crippen LogP contribution in [0.3, 0.4) is 0 Å². The first-order chi connectivity index (χ1) is 15.0. The van der Waals surface area contributed by atoms with Crippen molar-refractivity contribution in [2.24, 2.45) is 0 Å². The van der Waals surface area contributed by atoms with Gasteiger partial charge in [-0.05, 0) is 49.6 Å². The lowest BCUT2D eigenvalue weighted by atomic mass is 10.1. The monoisotopic (exact) mass is 412 g/mol. The van der Waals surface area contributed by atoms with Gasteiger partial charge in [0.05, 0.1) is 0 Å². The van der Waals surface area contributed by atoms with Crippen molar-refractivity contribution in [1.82, 2.24) is 9.88 Å². The van der Waals surface area contributed by atoms with Crippen LogP contribution in [-0.2, 0) is 19.5 Å². The molecule has 2 N–H and O–H groups in total. The number of benzene rings is 3. The molecule has 1 heterocycles. The van der Waals surface area contributed by atoms with Crippen LogP contribution in [0.15, 0.2) is 72.8 Å². The van der Waals surface area contributed by atoms with E-state index in [1.54, 1.807) is 0 Å². The molecule has 0 fully saturated rings. The minimum atomic E-state index is -0.888. The first kappa shape index (κ1) is 20.9. The summed E-state index contributed by atoms with van der Waals surface area (Å²) >= 11 is 0. The first-order valence-electron chi connectivity index (χ1n) is 10.7. The summed E-state index contributed by atoms with van der Waals surface area (Å²) in [5, 5.41) is 14.6. The Hall–Kier alpha value is -3.37. The second kappa shape index (κ2) is 9.19. The molecule has 3 aromatic carbocycles. The quantitative estimate of drug-likeness (QED) is 0.384. The van der Waals surface area contributed by atoms with Crippen molar-refractivity contribution in [3.63, 3.8) is 0 Å². The predicted octanol–water partition coefficient (Wildman–Crippen LogP) is 5.34. The van der Waals surface area contributed by atoms with E-state index in [4.69, 9.17) is 0 Å². The highest BCUT2D eigenvalue weighted by Gasteiger charge is 2.22. The minimum absolute atomic E-state index is 0.369. The number of aromatic nitrogens is 1. The van der Waals surface area contributed by atoms with Crippen molar-refractivity contribution in [1.29, 1.82) is 0 Å². The number of rotatable bonds is 8. The highest BCUT2D eigenvalue weighted by atomic mass is 16.4. The number of fused-ring (bicyclic) bond motifs is 1. The molecular formula is C27H28N2O2. The lowest BCUT2D eigenvalue weighted by Gasteiger charge is -2.10. The summed E-state index contributed by atoms with van der Waals surface area (Å²) < 4.78 is 1.95. The second-order valence-electron chi connectivity index (χ2n) is 8.14. The molecule has 4 rings (SSSR count). The molecule has 0 bridgehead atoms. The Morgan fingerprint density at radius 1 is 0.903 bits per heavy atom. The summed E-state index contributed by atoms with van der Waals surface area (Å²) in [6, 6.07) is 24.8. The van der Waals surface area contributed by atoms with Gasteiger partial charge in [0.15, 0.2) is 0 Å². The van der Waals surface area contributed by atoms with Gasteiger partial charge in [-0.1, -0.05) is 72.3 Å². The van der Waals surface area contributed by atoms with Gasteiger partial charge in [-0.2, -0.15) is 0 Å². The molecule has 158 valence electrons. The van der Waals surface area contributed by atoms with Crippen molar-refractivity contribution >= 4 is 16.9 Å². The summed E-state index contributed by atoms with van der Waals surface area (Å²) in [6.07, 6.45) is 0.907. The minimum Gasteiger partial charge on any atom is -0.477 e. The van der Waals surface area contributed by atoms with E-state index in [9.17, 15) is 9.90 Å². The van der Waals surface area contributed by atoms with Gasteiger partial charge >= 0.3 is 5.97 Å². The van der Waals surface area contributed by atoms with Crippen molar-refractivity contribution in [2.45, 2.75) is 33.4 Å². The molecule has 0 aliphatic heterocycles. The Balaban J connectivity index is 1.66. The maximum absolute atomic E-state index is 12.3. The summed E-state index contributed by atoms with van der Waals surface area (Å²) in [4.78, 5) is 12.3. The Kier molecular flexibility index (Phi) is 6.19. The molecule has 0 atom stereocenters. The molecule has 0 saturated carbocycles. The van der Waals surface area contributed by atoms with Gasteiger partial charge < -0.3 is 15.0 Å². The summed E-state index contributed by atoms with van der Waals surface area (Å²) in [5.74, 6) is -0.888. The number of nitrogens with one attached hydrogen (secondary N) is 1. The van der Waals surface area contributed by atoms with Crippen molar-refractivity contribution in [3.05, 3.63) is 106 Å². The van der Waals surface area contributed by atoms with Crippen LogP contribution in [0.4, 0.5) is 0 Å². The standard InChI is InChI=1S/C27H28N2O2/c1-19-8-11-22(12-9-19)18-29-25-16-20(2)10-13-23(25)24(26(29)27(30)31)17-28-15-14-21-6-4-3-5-7-21/h3-13,16,28H,14-15,17-18H2,1-2H3,(H,30,31). The van der Waals surface area contributed by atoms with E-state index in [-0.39, 0.29) is 0 Å². The Bertz CT molecular complexity index is 1190. The fraction of sp³-hybridized carbons (Fsp3) is 0.222. The molecule has 0 spiro atoms. The Morgan fingerprint density at radius 2 is 1.61 bits per heavy atom. The zero-order valence-corrected chi connectivity index (χ0v) is 18.1. The third-order valence-corrected chi connectivity index (χ3v) is 5.72. The fourth-order valence-electron chi connectivity index (χ4n) is 4.09. The SMILES string of the molecule is Cc1ccc(Cn2c(C(=O)O)c(CNCCc3ccccc3)c3ccc(C)cc32)cc1. The number of hydrogen-bond acceptors (Lipinski definition) is 2. The molecule has 4 nitrogen and oxygen atoms in total. The molecule has 0 saturated heterocycles. The van der Waals surface area contributed by atoms with Crippen LogP contribution in [0.2, 0.25) is 0 Å². The van der Waals surface area contributed by atoms with E-state index in [0.717, 1.165) is 40.6 Å². The molecule has 0 aliphatic rings. The van der Waals surface area contributed by atoms with Gasteiger partial charge in [0.1, 0.15) is 5.69 Å². The first-order valence-corrected chi connectivity index (χ1v) is 10.7. The molecule has 0 amide bonds. The van der Waals surface area contributed by atoms with Crippen LogP contribution in [0.25, 0.3) is 10.9 Å². The van der Waals surface area contributed by atoms with Crippen molar-refractivity contribution in [2.75, 3.05) is 6.54 Å². The van der Waals surface area contributed by atoms with Gasteiger partial charge in [0.2, 0.25) is 0 Å². The van der Waals surface area contributed by atoms with Crippen LogP contribution in [-0.4, -0.2) is 22.2 Å². The molecule has 4 heteroatoms. The van der Waals surface area contributed by atoms with Crippen LogP contribution < -0.4 is 5.32 Å². The number of carboxylic acids is 1. The number of carboxylic acid groups (broad SMARTS) is 1. The lowest BCUT2D eigenvalue weighted by molar-refractivity contribution is 0.0684. The maximum atomic E-state index is 12.3. The van der Waals surface area contributed by atoms with E-state index in [1.165, 1.54) is 11.1 Å². The van der Waals surface area contributed by atoms with E-state index < -0.39 is 5.97 Å². The number of aromatic carboxylic acids is 1. The molecular weight excluding hydrogens is 384 g/mol. The normalized spacial score (nSPS) is 11.2. The second-order valence-corrected chi connectivity index (χ2v) is 8.14. The topological polar surface area (TPSA) is 54.3 Å². The van der Waals surface area contributed by atoms with E-state index in [0.29, 0.717) is 18.8 Å². The summed E-state index contributed by atoms with van der Waals surface area (Å²) in [7, 11) is 0. The Morgan fingerprint density at radius 3 is 2.32 bits per heavy atom. The average Bonchev–Trinajstić information content (AvgIpc) is 3.06. The van der Waals surface area contributed by atoms with Crippen LogP contribution >= 0.6 is 0 Å². The van der Waals surface area contributed by atoms with Crippen molar-refractivity contribution in [3.8, 4) is 0 Å². The number of carbonyl (C=O) groups is 1. The van der Waals surface area contributed by atoms with Gasteiger partial charge in [0.25, 0.3) is 0 Å². The largest absolute Gasteiger partial charge is 0.477 e. The van der Waals surface area contributed by atoms with Crippen LogP contribution in [0.5, 0.6) is 0 Å². The zero-order valence-electron chi connectivity index (χ0n) is 18.1. The van der Waals surface area contributed by atoms with E-state index in [2.05, 4.69) is 66.8 Å². The number of aryl methyl sites for hydroxylation is 2. The fourth-order valence-corrected chi connectivity index (χ4v) is 4.09. The zero-order chi connectivity index (χ0) is 21.8. The number of nitrogens with zero attached hydrogens (tertiary/aromatic N) is 1. The third kappa shape index (κ3) is 4.70. The van der Waals surface area contributed by atoms with Crippen LogP contribution in [0.1, 0.15) is 38.3 Å². The Labute approximate surface area is 183 Å². The van der Waals surface area contributed by atoms with E-state index >= 15 is 0 Å². The van der Waals surface area contributed by atoms with Gasteiger partial charge in [-0.25, -0.2) is 4.79 Å². The average molecular weight is 413 g/mol. The molecule has 31 heavy (non-hydrogen) atoms. The molecule has 0 radical (unpaired) electrons. The molecule has 0 unspecified atom stereocenters. The molecule has 1 aromatic heterocycles. The van der Waals surface area contributed by atoms with Gasteiger partial charge in [-0.15, -0.1) is 0 Å². The summed E-state index contributed by atoms with van der Waals surface area (Å²) in [6.45, 7) is 5.95. The third-order valence-electron chi connectivity index (χ3n) is 5.72. The smallest absolute Gasteiger partial charge is 0.352 e. The number of hydrogen-bond donors (Lipinski definition) is 2. The van der Waals surface area contributed by atoms with Gasteiger partial charge in [-0.3, -0.25) is 0 Å². The van der Waals surface area contributed by atoms with Gasteiger partial charge in [0, 0.05) is 29.6 Å². The maximum Gasteiger partial charge on any atom is 0.352 e. The highest BCUT2D eigenvalue weighted by Crippen LogP contribution is 2.28. The molecule has 0 aliphatic carbocycles.